The fourth-order valence-electron chi connectivity index (χ4n) is 4.66. The van der Waals surface area contributed by atoms with E-state index in [-0.39, 0.29) is 11.8 Å². The van der Waals surface area contributed by atoms with Gasteiger partial charge in [-0.05, 0) is 50.2 Å². The Hall–Kier alpha value is -3.12. The van der Waals surface area contributed by atoms with E-state index < -0.39 is 6.17 Å². The molecule has 5 rings (SSSR count). The minimum absolute atomic E-state index is 0.0108. The van der Waals surface area contributed by atoms with Crippen molar-refractivity contribution in [3.05, 3.63) is 35.5 Å². The van der Waals surface area contributed by atoms with Gasteiger partial charge in [0.2, 0.25) is 0 Å². The molecule has 2 saturated carbocycles. The normalized spacial score (nSPS) is 22.6. The molecule has 170 valence electrons. The lowest BCUT2D eigenvalue weighted by molar-refractivity contribution is 0.166. The molecule has 0 amide bonds. The van der Waals surface area contributed by atoms with Crippen molar-refractivity contribution in [1.29, 1.82) is 5.26 Å². The van der Waals surface area contributed by atoms with Crippen molar-refractivity contribution in [3.63, 3.8) is 0 Å². The van der Waals surface area contributed by atoms with Gasteiger partial charge >= 0.3 is 0 Å². The first kappa shape index (κ1) is 21.7. The summed E-state index contributed by atoms with van der Waals surface area (Å²) < 4.78 is 14.9. The van der Waals surface area contributed by atoms with Crippen LogP contribution >= 0.6 is 11.3 Å². The average Bonchev–Trinajstić information content (AvgIpc) is 3.55. The third-order valence-electron chi connectivity index (χ3n) is 6.63. The van der Waals surface area contributed by atoms with Crippen molar-refractivity contribution in [1.82, 2.24) is 20.2 Å². The topological polar surface area (TPSA) is 98.8 Å². The quantitative estimate of drug-likeness (QED) is 0.540. The zero-order valence-electron chi connectivity index (χ0n) is 18.4. The number of nitriles is 1. The summed E-state index contributed by atoms with van der Waals surface area (Å²) >= 11 is 1.26. The molecule has 7 nitrogen and oxygen atoms in total. The number of hydrogen-bond donors (Lipinski definition) is 1. The number of aromatic hydroxyl groups is 1. The predicted octanol–water partition coefficient (Wildman–Crippen LogP) is 5.12. The van der Waals surface area contributed by atoms with Gasteiger partial charge in [0.1, 0.15) is 27.9 Å². The number of phenolic OH excluding ortho intramolecular Hbond substituents is 1. The summed E-state index contributed by atoms with van der Waals surface area (Å²) in [6.45, 7) is 2.17. The molecule has 0 bridgehead atoms. The molecule has 0 unspecified atom stereocenters. The summed E-state index contributed by atoms with van der Waals surface area (Å²) in [6.07, 6.45) is 7.83. The molecule has 0 saturated heterocycles. The van der Waals surface area contributed by atoms with E-state index in [1.807, 2.05) is 6.07 Å². The van der Waals surface area contributed by atoms with E-state index in [4.69, 9.17) is 5.26 Å². The van der Waals surface area contributed by atoms with Crippen LogP contribution in [0, 0.1) is 17.2 Å². The van der Waals surface area contributed by atoms with Crippen molar-refractivity contribution in [2.24, 2.45) is 5.92 Å². The smallest absolute Gasteiger partial charge is 0.185 e. The number of thiazole rings is 1. The molecule has 1 aromatic carbocycles. The summed E-state index contributed by atoms with van der Waals surface area (Å²) in [7, 11) is 0. The highest BCUT2D eigenvalue weighted by atomic mass is 32.1. The van der Waals surface area contributed by atoms with Crippen LogP contribution in [-0.4, -0.2) is 43.5 Å². The molecule has 0 spiro atoms. The summed E-state index contributed by atoms with van der Waals surface area (Å²) in [5.41, 5.74) is 1.17. The van der Waals surface area contributed by atoms with Gasteiger partial charge < -0.3 is 10.0 Å². The Labute approximate surface area is 196 Å². The Morgan fingerprint density at radius 1 is 1.18 bits per heavy atom. The monoisotopic (exact) mass is 464 g/mol. The second-order valence-electron chi connectivity index (χ2n) is 8.82. The Bertz CT molecular complexity index is 1170. The number of aromatic nitrogens is 4. The highest BCUT2D eigenvalue weighted by Crippen LogP contribution is 2.40. The molecule has 2 aromatic heterocycles. The molecular formula is C24H25FN6OS. The van der Waals surface area contributed by atoms with Crippen LogP contribution in [0.3, 0.4) is 0 Å². The fourth-order valence-corrected chi connectivity index (χ4v) is 5.37. The number of phenols is 1. The molecule has 3 atom stereocenters. The predicted molar refractivity (Wildman–Crippen MR) is 125 cm³/mol. The van der Waals surface area contributed by atoms with E-state index in [1.54, 1.807) is 18.3 Å². The van der Waals surface area contributed by atoms with Crippen LogP contribution in [0.2, 0.25) is 0 Å². The number of alkyl halides is 1. The molecule has 2 fully saturated rings. The lowest BCUT2D eigenvalue weighted by atomic mass is 9.82. The van der Waals surface area contributed by atoms with E-state index >= 15 is 0 Å². The molecular weight excluding hydrogens is 439 g/mol. The van der Waals surface area contributed by atoms with Gasteiger partial charge in [0, 0.05) is 11.6 Å². The highest BCUT2D eigenvalue weighted by Gasteiger charge is 2.41. The highest BCUT2D eigenvalue weighted by molar-refractivity contribution is 7.15. The molecule has 0 aliphatic heterocycles. The van der Waals surface area contributed by atoms with Crippen LogP contribution in [0.25, 0.3) is 22.0 Å². The van der Waals surface area contributed by atoms with Crippen LogP contribution in [-0.2, 0) is 0 Å². The number of rotatable bonds is 6. The number of benzene rings is 1. The maximum absolute atomic E-state index is 14.9. The molecule has 1 N–H and O–H groups in total. The first-order chi connectivity index (χ1) is 16.1. The third-order valence-corrected chi connectivity index (χ3v) is 7.58. The first-order valence-electron chi connectivity index (χ1n) is 11.4. The van der Waals surface area contributed by atoms with E-state index in [2.05, 4.69) is 38.1 Å². The first-order valence-corrected chi connectivity index (χ1v) is 12.2. The summed E-state index contributed by atoms with van der Waals surface area (Å²) in [5, 5.41) is 28.9. The zero-order chi connectivity index (χ0) is 22.9. The van der Waals surface area contributed by atoms with Gasteiger partial charge in [-0.2, -0.15) is 5.26 Å². The van der Waals surface area contributed by atoms with Crippen LogP contribution in [0.5, 0.6) is 5.75 Å². The van der Waals surface area contributed by atoms with Crippen molar-refractivity contribution in [2.75, 3.05) is 4.90 Å². The maximum Gasteiger partial charge on any atom is 0.185 e. The maximum atomic E-state index is 14.9. The number of hydrogen-bond acceptors (Lipinski definition) is 8. The van der Waals surface area contributed by atoms with Crippen LogP contribution in [0.15, 0.2) is 30.6 Å². The van der Waals surface area contributed by atoms with Crippen molar-refractivity contribution < 1.29 is 9.50 Å². The van der Waals surface area contributed by atoms with Crippen LogP contribution < -0.4 is 4.90 Å². The molecule has 33 heavy (non-hydrogen) atoms. The van der Waals surface area contributed by atoms with E-state index in [0.29, 0.717) is 51.0 Å². The van der Waals surface area contributed by atoms with Crippen molar-refractivity contribution in [3.8, 4) is 33.8 Å². The minimum atomic E-state index is -0.862. The van der Waals surface area contributed by atoms with Gasteiger partial charge in [0.25, 0.3) is 0 Å². The second-order valence-corrected chi connectivity index (χ2v) is 9.85. The summed E-state index contributed by atoms with van der Waals surface area (Å²) in [6, 6.07) is 7.30. The number of anilines is 1. The molecule has 0 radical (unpaired) electrons. The average molecular weight is 465 g/mol. The van der Waals surface area contributed by atoms with Crippen LogP contribution in [0.1, 0.15) is 50.3 Å². The Morgan fingerprint density at radius 2 is 2.03 bits per heavy atom. The third kappa shape index (κ3) is 4.40. The number of nitrogens with zero attached hydrogens (tertiary/aromatic N) is 6. The van der Waals surface area contributed by atoms with Gasteiger partial charge in [-0.25, -0.2) is 14.4 Å². The van der Waals surface area contributed by atoms with Crippen LogP contribution in [0.4, 0.5) is 10.2 Å². The largest absolute Gasteiger partial charge is 0.507 e. The van der Waals surface area contributed by atoms with Gasteiger partial charge in [0.15, 0.2) is 11.6 Å². The second kappa shape index (κ2) is 9.02. The Balaban J connectivity index is 1.39. The molecule has 2 aliphatic rings. The van der Waals surface area contributed by atoms with Gasteiger partial charge in [-0.3, -0.25) is 0 Å². The Morgan fingerprint density at radius 3 is 2.67 bits per heavy atom. The SMILES string of the molecule is CC[C@@H]1CC[C@H](F)[C@H](N(c2cnc(-c3ccc(-c4ncc(C#N)s4)cc3O)nn2)C2CC2)C1. The molecule has 9 heteroatoms. The number of halogens is 1. The Kier molecular flexibility index (Phi) is 5.94. The lowest BCUT2D eigenvalue weighted by Crippen LogP contribution is -2.47. The summed E-state index contributed by atoms with van der Waals surface area (Å²) in [5.74, 6) is 1.47. The van der Waals surface area contributed by atoms with E-state index in [1.165, 1.54) is 17.5 Å². The van der Waals surface area contributed by atoms with E-state index in [9.17, 15) is 9.50 Å². The van der Waals surface area contributed by atoms with Gasteiger partial charge in [-0.15, -0.1) is 21.5 Å². The molecule has 2 aliphatic carbocycles. The molecule has 2 heterocycles. The van der Waals surface area contributed by atoms with E-state index in [0.717, 1.165) is 32.1 Å². The van der Waals surface area contributed by atoms with Crippen molar-refractivity contribution >= 4 is 17.2 Å². The standard InChI is InChI=1S/C24H25FN6OS/c1-2-14-3-8-19(25)20(9-14)31(16-5-6-16)22-13-27-23(30-29-22)18-7-4-15(10-21(18)32)24-28-12-17(11-26)33-24/h4,7,10,12-14,16,19-20,32H,2-3,5-6,8-9H2,1H3/t14-,19+,20-/m1/s1. The zero-order valence-corrected chi connectivity index (χ0v) is 19.2. The fraction of sp³-hybridized carbons (Fsp3) is 0.458. The molecule has 3 aromatic rings. The van der Waals surface area contributed by atoms with Crippen molar-refractivity contribution in [2.45, 2.75) is 63.7 Å². The lowest BCUT2D eigenvalue weighted by Gasteiger charge is -2.40. The van der Waals surface area contributed by atoms with Gasteiger partial charge in [-0.1, -0.05) is 19.4 Å². The summed E-state index contributed by atoms with van der Waals surface area (Å²) in [4.78, 5) is 11.3. The minimum Gasteiger partial charge on any atom is -0.507 e. The van der Waals surface area contributed by atoms with Gasteiger partial charge in [0.05, 0.1) is 24.0 Å².